The molecule has 144 valence electrons. The van der Waals surface area contributed by atoms with E-state index in [1.807, 2.05) is 12.1 Å². The lowest BCUT2D eigenvalue weighted by Crippen LogP contribution is -2.45. The number of hydrogen-bond acceptors (Lipinski definition) is 3. The van der Waals surface area contributed by atoms with Crippen molar-refractivity contribution in [3.63, 3.8) is 0 Å². The Hall–Kier alpha value is -1.82. The van der Waals surface area contributed by atoms with Crippen molar-refractivity contribution < 1.29 is 9.18 Å². The molecule has 0 radical (unpaired) electrons. The van der Waals surface area contributed by atoms with Gasteiger partial charge in [0.25, 0.3) is 0 Å². The molecule has 2 saturated heterocycles. The van der Waals surface area contributed by atoms with Crippen LogP contribution in [-0.4, -0.2) is 56.2 Å². The van der Waals surface area contributed by atoms with Crippen LogP contribution in [0.3, 0.4) is 0 Å². The summed E-state index contributed by atoms with van der Waals surface area (Å²) in [5, 5.41) is 5.98. The quantitative estimate of drug-likeness (QED) is 0.818. The van der Waals surface area contributed by atoms with E-state index in [4.69, 9.17) is 0 Å². The van der Waals surface area contributed by atoms with Gasteiger partial charge in [-0.2, -0.15) is 0 Å². The minimum atomic E-state index is -0.207. The first kappa shape index (κ1) is 19.0. The molecular weight excluding hydrogens is 331 g/mol. The van der Waals surface area contributed by atoms with Crippen LogP contribution in [0.5, 0.6) is 0 Å². The van der Waals surface area contributed by atoms with E-state index >= 15 is 0 Å². The van der Waals surface area contributed by atoms with Crippen LogP contribution in [0.2, 0.25) is 0 Å². The van der Waals surface area contributed by atoms with Crippen LogP contribution in [-0.2, 0) is 0 Å². The van der Waals surface area contributed by atoms with E-state index in [-0.39, 0.29) is 11.8 Å². The molecule has 2 heterocycles. The van der Waals surface area contributed by atoms with Crippen molar-refractivity contribution >= 4 is 11.7 Å². The number of likely N-dealkylation sites (tertiary alicyclic amines) is 1. The number of urea groups is 1. The smallest absolute Gasteiger partial charge is 0.314 e. The molecule has 2 N–H and O–H groups in total. The summed E-state index contributed by atoms with van der Waals surface area (Å²) in [5.74, 6) is 0.231. The highest BCUT2D eigenvalue weighted by Crippen LogP contribution is 2.23. The Morgan fingerprint density at radius 3 is 2.73 bits per heavy atom. The molecule has 26 heavy (non-hydrogen) atoms. The molecule has 5 nitrogen and oxygen atoms in total. The second-order valence-electron chi connectivity index (χ2n) is 7.59. The van der Waals surface area contributed by atoms with Crippen molar-refractivity contribution in [2.45, 2.75) is 38.6 Å². The molecule has 0 unspecified atom stereocenters. The third-order valence-corrected chi connectivity index (χ3v) is 5.65. The Labute approximate surface area is 155 Å². The molecule has 6 heteroatoms. The SMILES string of the molecule is C[C@@H]1CCCCN1CCNC(=O)NC[C@H]1CCN(c2ccc(F)cc2)C1. The van der Waals surface area contributed by atoms with Crippen LogP contribution in [0.15, 0.2) is 24.3 Å². The van der Waals surface area contributed by atoms with Gasteiger partial charge in [-0.05, 0) is 62.9 Å². The van der Waals surface area contributed by atoms with Crippen LogP contribution < -0.4 is 15.5 Å². The number of anilines is 1. The lowest BCUT2D eigenvalue weighted by molar-refractivity contribution is 0.161. The molecule has 0 bridgehead atoms. The van der Waals surface area contributed by atoms with E-state index in [9.17, 15) is 9.18 Å². The van der Waals surface area contributed by atoms with Gasteiger partial charge in [0.2, 0.25) is 0 Å². The molecule has 1 aromatic carbocycles. The highest BCUT2D eigenvalue weighted by atomic mass is 19.1. The maximum atomic E-state index is 13.0. The molecule has 1 aromatic rings. The second-order valence-corrected chi connectivity index (χ2v) is 7.59. The summed E-state index contributed by atoms with van der Waals surface area (Å²) in [6.07, 6.45) is 4.89. The molecule has 0 aliphatic carbocycles. The van der Waals surface area contributed by atoms with Crippen LogP contribution >= 0.6 is 0 Å². The van der Waals surface area contributed by atoms with E-state index < -0.39 is 0 Å². The van der Waals surface area contributed by atoms with Gasteiger partial charge in [-0.3, -0.25) is 4.90 Å². The van der Waals surface area contributed by atoms with Gasteiger partial charge in [-0.15, -0.1) is 0 Å². The number of nitrogens with one attached hydrogen (secondary N) is 2. The second kappa shape index (κ2) is 9.21. The summed E-state index contributed by atoms with van der Waals surface area (Å²) in [7, 11) is 0. The topological polar surface area (TPSA) is 47.6 Å². The number of piperidine rings is 1. The zero-order valence-corrected chi connectivity index (χ0v) is 15.7. The molecule has 0 spiro atoms. The van der Waals surface area contributed by atoms with Crippen molar-refractivity contribution in [3.05, 3.63) is 30.1 Å². The van der Waals surface area contributed by atoms with Crippen LogP contribution in [0.4, 0.5) is 14.9 Å². The van der Waals surface area contributed by atoms with Gasteiger partial charge in [0, 0.05) is 44.5 Å². The summed E-state index contributed by atoms with van der Waals surface area (Å²) in [5.41, 5.74) is 1.05. The minimum absolute atomic E-state index is 0.0742. The van der Waals surface area contributed by atoms with Gasteiger partial charge in [-0.1, -0.05) is 6.42 Å². The highest BCUT2D eigenvalue weighted by Gasteiger charge is 2.23. The van der Waals surface area contributed by atoms with E-state index in [1.165, 1.54) is 31.4 Å². The van der Waals surface area contributed by atoms with Gasteiger partial charge >= 0.3 is 6.03 Å². The molecule has 0 aromatic heterocycles. The van der Waals surface area contributed by atoms with Gasteiger partial charge < -0.3 is 15.5 Å². The molecule has 2 fully saturated rings. The van der Waals surface area contributed by atoms with E-state index in [2.05, 4.69) is 27.4 Å². The van der Waals surface area contributed by atoms with Gasteiger partial charge in [0.05, 0.1) is 0 Å². The standard InChI is InChI=1S/C20H31FN4O/c1-16-4-2-3-11-24(16)13-10-22-20(26)23-14-17-9-12-25(15-17)19-7-5-18(21)6-8-19/h5-8,16-17H,2-4,9-15H2,1H3,(H2,22,23,26)/t16-,17-/m1/s1. The molecule has 2 aliphatic rings. The van der Waals surface area contributed by atoms with Crippen molar-refractivity contribution in [2.24, 2.45) is 5.92 Å². The predicted molar refractivity (Wildman–Crippen MR) is 103 cm³/mol. The Bertz CT molecular complexity index is 580. The zero-order valence-electron chi connectivity index (χ0n) is 15.7. The molecule has 2 atom stereocenters. The Balaban J connectivity index is 1.31. The first-order valence-corrected chi connectivity index (χ1v) is 9.88. The van der Waals surface area contributed by atoms with Crippen LogP contribution in [0.25, 0.3) is 0 Å². The maximum absolute atomic E-state index is 13.0. The molecule has 0 saturated carbocycles. The molecule has 3 rings (SSSR count). The summed E-state index contributed by atoms with van der Waals surface area (Å²) < 4.78 is 13.0. The number of carbonyl (C=O) groups excluding carboxylic acids is 1. The van der Waals surface area contributed by atoms with E-state index in [0.29, 0.717) is 25.0 Å². The number of rotatable bonds is 6. The summed E-state index contributed by atoms with van der Waals surface area (Å²) >= 11 is 0. The first-order chi connectivity index (χ1) is 12.6. The number of hydrogen-bond donors (Lipinski definition) is 2. The van der Waals surface area contributed by atoms with Crippen molar-refractivity contribution in [1.82, 2.24) is 15.5 Å². The van der Waals surface area contributed by atoms with Crippen molar-refractivity contribution in [1.29, 1.82) is 0 Å². The zero-order chi connectivity index (χ0) is 18.4. The minimum Gasteiger partial charge on any atom is -0.371 e. The Morgan fingerprint density at radius 2 is 1.96 bits per heavy atom. The summed E-state index contributed by atoms with van der Waals surface area (Å²) in [4.78, 5) is 16.7. The average Bonchev–Trinajstić information content (AvgIpc) is 3.11. The number of halogens is 1. The Kier molecular flexibility index (Phi) is 6.72. The van der Waals surface area contributed by atoms with E-state index in [1.54, 1.807) is 0 Å². The number of nitrogens with zero attached hydrogens (tertiary/aromatic N) is 2. The fourth-order valence-electron chi connectivity index (χ4n) is 3.99. The number of carbonyl (C=O) groups is 1. The summed E-state index contributed by atoms with van der Waals surface area (Å²) in [6, 6.07) is 7.19. The third-order valence-electron chi connectivity index (χ3n) is 5.65. The Morgan fingerprint density at radius 1 is 1.15 bits per heavy atom. The number of amides is 2. The summed E-state index contributed by atoms with van der Waals surface area (Å²) in [6.45, 7) is 7.57. The molecular formula is C20H31FN4O. The van der Waals surface area contributed by atoms with E-state index in [0.717, 1.165) is 38.3 Å². The molecule has 2 aliphatic heterocycles. The highest BCUT2D eigenvalue weighted by molar-refractivity contribution is 5.73. The van der Waals surface area contributed by atoms with Crippen LogP contribution in [0.1, 0.15) is 32.6 Å². The lowest BCUT2D eigenvalue weighted by Gasteiger charge is -2.33. The van der Waals surface area contributed by atoms with Crippen molar-refractivity contribution in [3.8, 4) is 0 Å². The monoisotopic (exact) mass is 362 g/mol. The average molecular weight is 362 g/mol. The normalized spacial score (nSPS) is 23.8. The fourth-order valence-corrected chi connectivity index (χ4v) is 3.99. The predicted octanol–water partition coefficient (Wildman–Crippen LogP) is 2.83. The van der Waals surface area contributed by atoms with Crippen molar-refractivity contribution in [2.75, 3.05) is 44.2 Å². The van der Waals surface area contributed by atoms with Gasteiger partial charge in [0.15, 0.2) is 0 Å². The maximum Gasteiger partial charge on any atom is 0.314 e. The third kappa shape index (κ3) is 5.34. The molecule has 2 amide bonds. The number of benzene rings is 1. The largest absolute Gasteiger partial charge is 0.371 e. The lowest BCUT2D eigenvalue weighted by atomic mass is 10.0. The van der Waals surface area contributed by atoms with Gasteiger partial charge in [-0.25, -0.2) is 9.18 Å². The first-order valence-electron chi connectivity index (χ1n) is 9.88. The van der Waals surface area contributed by atoms with Gasteiger partial charge in [0.1, 0.15) is 5.82 Å². The van der Waals surface area contributed by atoms with Crippen LogP contribution in [0, 0.1) is 11.7 Å². The fraction of sp³-hybridized carbons (Fsp3) is 0.650.